The Kier molecular flexibility index (Phi) is 6.79. The Morgan fingerprint density at radius 3 is 2.47 bits per heavy atom. The third kappa shape index (κ3) is 3.57. The maximum Gasteiger partial charge on any atom is 1.00 e. The van der Waals surface area contributed by atoms with E-state index in [4.69, 9.17) is 0 Å². The molecule has 6 heteroatoms. The fourth-order valence-electron chi connectivity index (χ4n) is 7.94. The van der Waals surface area contributed by atoms with Gasteiger partial charge in [0.2, 0.25) is 0 Å². The normalized spacial score (nSPS) is 43.8. The average Bonchev–Trinajstić information content (AvgIpc) is 3.01. The predicted molar refractivity (Wildman–Crippen MR) is 104 cm³/mol. The molecule has 30 heavy (non-hydrogen) atoms. The first-order chi connectivity index (χ1) is 13.6. The molecule has 4 aliphatic rings. The van der Waals surface area contributed by atoms with Gasteiger partial charge in [-0.05, 0) is 67.1 Å². The summed E-state index contributed by atoms with van der Waals surface area (Å²) in [6.45, 7) is 6.32. The van der Waals surface area contributed by atoms with Crippen LogP contribution in [0, 0.1) is 46.3 Å². The summed E-state index contributed by atoms with van der Waals surface area (Å²) in [6, 6.07) is 0. The van der Waals surface area contributed by atoms with E-state index in [1.165, 1.54) is 0 Å². The molecule has 0 aromatic heterocycles. The molecule has 0 aromatic carbocycles. The van der Waals surface area contributed by atoms with Gasteiger partial charge in [0.25, 0.3) is 0 Å². The van der Waals surface area contributed by atoms with Crippen LogP contribution in [-0.4, -0.2) is 23.3 Å². The number of Topliss-reactive ketones (excluding diaryl/α,β-unsaturated/α-hetero) is 3. The summed E-state index contributed by atoms with van der Waals surface area (Å²) in [5.41, 5.74) is -0.627. The molecule has 5 nitrogen and oxygen atoms in total. The fourth-order valence-corrected chi connectivity index (χ4v) is 7.94. The van der Waals surface area contributed by atoms with Gasteiger partial charge in [-0.15, -0.1) is 0 Å². The van der Waals surface area contributed by atoms with E-state index in [0.717, 1.165) is 19.3 Å². The summed E-state index contributed by atoms with van der Waals surface area (Å²) in [7, 11) is 0. The van der Waals surface area contributed by atoms with Gasteiger partial charge in [-0.25, -0.2) is 0 Å². The van der Waals surface area contributed by atoms with Gasteiger partial charge in [-0.2, -0.15) is 0 Å². The number of hydrogen-bond acceptors (Lipinski definition) is 5. The molecule has 4 fully saturated rings. The number of rotatable bonds is 4. The van der Waals surface area contributed by atoms with E-state index in [2.05, 4.69) is 13.8 Å². The second kappa shape index (κ2) is 8.44. The van der Waals surface area contributed by atoms with Gasteiger partial charge in [0.05, 0.1) is 0 Å². The Labute approximate surface area is 201 Å². The number of carboxylic acids is 1. The Bertz CT molecular complexity index is 763. The SMILES string of the molecule is C[C@H](CCC(=O)[O-])[C@H]1CC[C@@H]2[C@@H]3C(=O)C[C@@H]4CC(=O)CC[C@]4(C)[C@@H]3CC(=O)[C@@]21C.[Na+]. The van der Waals surface area contributed by atoms with Crippen molar-refractivity contribution >= 4 is 23.3 Å². The van der Waals surface area contributed by atoms with Gasteiger partial charge in [0.15, 0.2) is 0 Å². The van der Waals surface area contributed by atoms with E-state index < -0.39 is 11.4 Å². The molecular formula is C24H33NaO5. The number of carbonyl (C=O) groups is 4. The van der Waals surface area contributed by atoms with E-state index in [1.807, 2.05) is 6.92 Å². The van der Waals surface area contributed by atoms with E-state index in [0.29, 0.717) is 32.1 Å². The zero-order chi connectivity index (χ0) is 21.1. The number of ketones is 3. The number of carbonyl (C=O) groups excluding carboxylic acids is 4. The monoisotopic (exact) mass is 424 g/mol. The zero-order valence-corrected chi connectivity index (χ0v) is 20.9. The Morgan fingerprint density at radius 1 is 1.10 bits per heavy atom. The first-order valence-corrected chi connectivity index (χ1v) is 11.4. The number of aliphatic carboxylic acids is 1. The minimum absolute atomic E-state index is 0. The molecule has 0 amide bonds. The Hall–Kier alpha value is -0.520. The van der Waals surface area contributed by atoms with Crippen LogP contribution in [0.15, 0.2) is 0 Å². The standard InChI is InChI=1S/C24H34O5.Na/c1-13(4-7-21(28)29)16-5-6-17-22-18(12-20(27)24(16,17)3)23(2)9-8-15(25)10-14(23)11-19(22)26;/h13-14,16-18,22H,4-12H2,1-3H3,(H,28,29);/q;+1/p-1/t13-,14+,16-,17-,18-,22+,23+,24-;/m1./s1. The first-order valence-electron chi connectivity index (χ1n) is 11.4. The molecule has 0 N–H and O–H groups in total. The molecule has 8 atom stereocenters. The molecule has 0 bridgehead atoms. The summed E-state index contributed by atoms with van der Waals surface area (Å²) in [5.74, 6) is 0.130. The van der Waals surface area contributed by atoms with Crippen LogP contribution in [0.5, 0.6) is 0 Å². The average molecular weight is 425 g/mol. The minimum Gasteiger partial charge on any atom is -0.550 e. The number of fused-ring (bicyclic) bond motifs is 5. The van der Waals surface area contributed by atoms with Crippen LogP contribution in [0.4, 0.5) is 0 Å². The fraction of sp³-hybridized carbons (Fsp3) is 0.833. The second-order valence-corrected chi connectivity index (χ2v) is 10.8. The van der Waals surface area contributed by atoms with E-state index in [9.17, 15) is 24.3 Å². The van der Waals surface area contributed by atoms with E-state index >= 15 is 0 Å². The maximum absolute atomic E-state index is 13.6. The molecule has 0 heterocycles. The van der Waals surface area contributed by atoms with Crippen molar-refractivity contribution in [1.29, 1.82) is 0 Å². The van der Waals surface area contributed by atoms with Crippen LogP contribution in [-0.2, 0) is 19.2 Å². The predicted octanol–water partition coefficient (Wildman–Crippen LogP) is -0.257. The van der Waals surface area contributed by atoms with Gasteiger partial charge in [0.1, 0.15) is 17.3 Å². The van der Waals surface area contributed by atoms with Crippen molar-refractivity contribution in [3.05, 3.63) is 0 Å². The van der Waals surface area contributed by atoms with Crippen LogP contribution in [0.3, 0.4) is 0 Å². The van der Waals surface area contributed by atoms with Crippen LogP contribution in [0.25, 0.3) is 0 Å². The first kappa shape index (κ1) is 24.1. The van der Waals surface area contributed by atoms with Crippen LogP contribution in [0.1, 0.15) is 78.6 Å². The van der Waals surface area contributed by atoms with Crippen molar-refractivity contribution in [2.75, 3.05) is 0 Å². The molecule has 0 spiro atoms. The molecule has 0 radical (unpaired) electrons. The molecule has 4 saturated carbocycles. The van der Waals surface area contributed by atoms with Crippen molar-refractivity contribution in [1.82, 2.24) is 0 Å². The van der Waals surface area contributed by atoms with Gasteiger partial charge in [-0.1, -0.05) is 20.8 Å². The van der Waals surface area contributed by atoms with Gasteiger partial charge >= 0.3 is 29.6 Å². The van der Waals surface area contributed by atoms with Crippen LogP contribution < -0.4 is 34.7 Å². The topological polar surface area (TPSA) is 91.3 Å². The van der Waals surface area contributed by atoms with Gasteiger partial charge in [-0.3, -0.25) is 14.4 Å². The molecule has 160 valence electrons. The number of carboxylic acid groups (broad SMARTS) is 1. The largest absolute Gasteiger partial charge is 1.00 e. The Balaban J connectivity index is 0.00000256. The van der Waals surface area contributed by atoms with Crippen molar-refractivity contribution < 1.29 is 53.8 Å². The van der Waals surface area contributed by atoms with Crippen molar-refractivity contribution in [3.8, 4) is 0 Å². The van der Waals surface area contributed by atoms with E-state index in [-0.39, 0.29) is 94.3 Å². The van der Waals surface area contributed by atoms with E-state index in [1.54, 1.807) is 0 Å². The van der Waals surface area contributed by atoms with Crippen molar-refractivity contribution in [3.63, 3.8) is 0 Å². The summed E-state index contributed by atoms with van der Waals surface area (Å²) < 4.78 is 0. The maximum atomic E-state index is 13.6. The van der Waals surface area contributed by atoms with Gasteiger partial charge in [0, 0.05) is 43.0 Å². The molecule has 4 rings (SSSR count). The molecule has 4 aliphatic carbocycles. The minimum atomic E-state index is -1.04. The third-order valence-corrected chi connectivity index (χ3v) is 9.71. The second-order valence-electron chi connectivity index (χ2n) is 10.8. The number of hydrogen-bond donors (Lipinski definition) is 0. The molecule has 0 aliphatic heterocycles. The molecule has 0 aromatic rings. The van der Waals surface area contributed by atoms with Crippen molar-refractivity contribution in [2.24, 2.45) is 46.3 Å². The van der Waals surface area contributed by atoms with Crippen LogP contribution in [0.2, 0.25) is 0 Å². The Morgan fingerprint density at radius 2 is 1.80 bits per heavy atom. The summed E-state index contributed by atoms with van der Waals surface area (Å²) in [5, 5.41) is 10.9. The summed E-state index contributed by atoms with van der Waals surface area (Å²) in [4.78, 5) is 49.8. The smallest absolute Gasteiger partial charge is 0.550 e. The van der Waals surface area contributed by atoms with Gasteiger partial charge < -0.3 is 9.90 Å². The van der Waals surface area contributed by atoms with Crippen LogP contribution >= 0.6 is 0 Å². The summed E-state index contributed by atoms with van der Waals surface area (Å²) in [6.07, 6.45) is 5.08. The molecular weight excluding hydrogens is 391 g/mol. The van der Waals surface area contributed by atoms with Crippen molar-refractivity contribution in [2.45, 2.75) is 78.6 Å². The quantitative estimate of drug-likeness (QED) is 0.580. The summed E-state index contributed by atoms with van der Waals surface area (Å²) >= 11 is 0. The third-order valence-electron chi connectivity index (χ3n) is 9.71. The zero-order valence-electron chi connectivity index (χ0n) is 18.9. The molecule has 0 saturated heterocycles. The molecule has 0 unspecified atom stereocenters.